The number of hydrogen-bond donors (Lipinski definition) is 2. The molecule has 7 nitrogen and oxygen atoms in total. The zero-order valence-corrected chi connectivity index (χ0v) is 20.4. The Hall–Kier alpha value is -2.59. The number of ether oxygens (including phenoxy) is 3. The number of methoxy groups -OCH3 is 2. The lowest BCUT2D eigenvalue weighted by molar-refractivity contribution is -0.125. The highest BCUT2D eigenvalue weighted by Gasteiger charge is 2.18. The summed E-state index contributed by atoms with van der Waals surface area (Å²) in [6.07, 6.45) is -0.841. The lowest BCUT2D eigenvalue weighted by atomic mass is 10.1. The number of aromatic nitrogens is 1. The zero-order chi connectivity index (χ0) is 23.3. The molecule has 1 unspecified atom stereocenters. The Morgan fingerprint density at radius 1 is 1.09 bits per heavy atom. The minimum absolute atomic E-state index is 0.0980. The van der Waals surface area contributed by atoms with Gasteiger partial charge in [0.2, 0.25) is 0 Å². The third-order valence-corrected chi connectivity index (χ3v) is 5.70. The van der Waals surface area contributed by atoms with Crippen molar-refractivity contribution in [3.63, 3.8) is 0 Å². The molecule has 0 aliphatic rings. The third-order valence-electron chi connectivity index (χ3n) is 4.21. The lowest BCUT2D eigenvalue weighted by Crippen LogP contribution is -2.42. The Balaban J connectivity index is 1.59. The molecule has 0 spiro atoms. The van der Waals surface area contributed by atoms with Gasteiger partial charge in [0.05, 0.1) is 24.9 Å². The highest BCUT2D eigenvalue weighted by molar-refractivity contribution is 7.80. The predicted octanol–water partition coefficient (Wildman–Crippen LogP) is 5.41. The van der Waals surface area contributed by atoms with E-state index in [1.807, 2.05) is 17.5 Å². The van der Waals surface area contributed by atoms with Crippen LogP contribution in [0.15, 0.2) is 41.8 Å². The van der Waals surface area contributed by atoms with E-state index in [4.69, 9.17) is 49.6 Å². The number of anilines is 1. The first-order chi connectivity index (χ1) is 15.3. The fourth-order valence-corrected chi connectivity index (χ4v) is 4.05. The normalized spacial score (nSPS) is 11.4. The highest BCUT2D eigenvalue weighted by atomic mass is 35.5. The number of benzene rings is 2. The fourth-order valence-electron chi connectivity index (χ4n) is 2.62. The van der Waals surface area contributed by atoms with Gasteiger partial charge in [-0.05, 0) is 55.5 Å². The average Bonchev–Trinajstić information content (AvgIpc) is 3.23. The lowest BCUT2D eigenvalue weighted by Gasteiger charge is -2.16. The minimum atomic E-state index is -0.841. The predicted molar refractivity (Wildman–Crippen MR) is 132 cm³/mol. The third kappa shape index (κ3) is 6.01. The van der Waals surface area contributed by atoms with Crippen molar-refractivity contribution in [3.05, 3.63) is 51.8 Å². The van der Waals surface area contributed by atoms with Crippen LogP contribution in [0.25, 0.3) is 11.3 Å². The van der Waals surface area contributed by atoms with Crippen LogP contribution in [0, 0.1) is 0 Å². The van der Waals surface area contributed by atoms with Crippen molar-refractivity contribution in [3.8, 4) is 28.5 Å². The van der Waals surface area contributed by atoms with Crippen LogP contribution in [0.3, 0.4) is 0 Å². The molecule has 0 saturated heterocycles. The van der Waals surface area contributed by atoms with E-state index in [1.165, 1.54) is 17.4 Å². The molecule has 32 heavy (non-hydrogen) atoms. The summed E-state index contributed by atoms with van der Waals surface area (Å²) in [7, 11) is 3.15. The van der Waals surface area contributed by atoms with E-state index in [1.54, 1.807) is 39.3 Å². The number of thiocarbonyl (C=S) groups is 1. The van der Waals surface area contributed by atoms with Gasteiger partial charge in [0, 0.05) is 16.0 Å². The van der Waals surface area contributed by atoms with Gasteiger partial charge in [-0.25, -0.2) is 4.98 Å². The Labute approximate surface area is 204 Å². The molecule has 11 heteroatoms. The van der Waals surface area contributed by atoms with Crippen molar-refractivity contribution in [1.82, 2.24) is 10.3 Å². The van der Waals surface area contributed by atoms with E-state index in [9.17, 15) is 4.79 Å². The molecule has 2 N–H and O–H groups in total. The highest BCUT2D eigenvalue weighted by Crippen LogP contribution is 2.33. The second-order valence-electron chi connectivity index (χ2n) is 6.39. The monoisotopic (exact) mass is 511 g/mol. The van der Waals surface area contributed by atoms with Crippen molar-refractivity contribution in [2.24, 2.45) is 0 Å². The second kappa shape index (κ2) is 10.8. The number of carbonyl (C=O) groups is 1. The van der Waals surface area contributed by atoms with E-state index < -0.39 is 12.0 Å². The zero-order valence-electron chi connectivity index (χ0n) is 17.3. The number of nitrogens with one attached hydrogen (secondary N) is 2. The summed E-state index contributed by atoms with van der Waals surface area (Å²) >= 11 is 18.5. The molecule has 0 bridgehead atoms. The molecule has 1 amide bonds. The maximum atomic E-state index is 12.4. The first-order valence-electron chi connectivity index (χ1n) is 9.22. The van der Waals surface area contributed by atoms with Gasteiger partial charge in [-0.3, -0.25) is 10.1 Å². The summed E-state index contributed by atoms with van der Waals surface area (Å²) in [5, 5.41) is 8.75. The van der Waals surface area contributed by atoms with Crippen molar-refractivity contribution >= 4 is 62.9 Å². The van der Waals surface area contributed by atoms with Crippen LogP contribution in [0.1, 0.15) is 6.92 Å². The number of amides is 1. The minimum Gasteiger partial charge on any atom is -0.493 e. The quantitative estimate of drug-likeness (QED) is 0.410. The molecule has 0 radical (unpaired) electrons. The second-order valence-corrected chi connectivity index (χ2v) is 8.50. The first-order valence-corrected chi connectivity index (χ1v) is 11.3. The average molecular weight is 512 g/mol. The summed E-state index contributed by atoms with van der Waals surface area (Å²) in [5.74, 6) is 1.14. The van der Waals surface area contributed by atoms with Crippen LogP contribution < -0.4 is 24.8 Å². The number of carbonyl (C=O) groups excluding carboxylic acids is 1. The smallest absolute Gasteiger partial charge is 0.266 e. The number of thiazole rings is 1. The Bertz CT molecular complexity index is 1140. The van der Waals surface area contributed by atoms with Crippen LogP contribution >= 0.6 is 46.8 Å². The van der Waals surface area contributed by atoms with Gasteiger partial charge in [0.1, 0.15) is 5.75 Å². The van der Waals surface area contributed by atoms with E-state index >= 15 is 0 Å². The molecular formula is C21H19Cl2N3O4S2. The number of halogens is 2. The van der Waals surface area contributed by atoms with Crippen LogP contribution in [0.2, 0.25) is 10.0 Å². The van der Waals surface area contributed by atoms with Crippen molar-refractivity contribution < 1.29 is 19.0 Å². The van der Waals surface area contributed by atoms with Crippen molar-refractivity contribution in [1.29, 1.82) is 0 Å². The molecule has 1 aromatic heterocycles. The number of hydrogen-bond acceptors (Lipinski definition) is 7. The van der Waals surface area contributed by atoms with Gasteiger partial charge in [0.15, 0.2) is 27.8 Å². The fraction of sp³-hybridized carbons (Fsp3) is 0.190. The Morgan fingerprint density at radius 2 is 1.81 bits per heavy atom. The Morgan fingerprint density at radius 3 is 2.50 bits per heavy atom. The summed E-state index contributed by atoms with van der Waals surface area (Å²) in [6.45, 7) is 1.58. The molecule has 0 saturated carbocycles. The molecule has 3 aromatic rings. The van der Waals surface area contributed by atoms with Gasteiger partial charge in [-0.1, -0.05) is 23.2 Å². The van der Waals surface area contributed by atoms with Crippen LogP contribution in [0.5, 0.6) is 17.2 Å². The van der Waals surface area contributed by atoms with E-state index in [-0.39, 0.29) is 5.11 Å². The van der Waals surface area contributed by atoms with Crippen LogP contribution in [-0.2, 0) is 4.79 Å². The van der Waals surface area contributed by atoms with Crippen molar-refractivity contribution in [2.75, 3.05) is 19.5 Å². The van der Waals surface area contributed by atoms with Crippen LogP contribution in [-0.4, -0.2) is 36.3 Å². The molecule has 0 aliphatic heterocycles. The van der Waals surface area contributed by atoms with Gasteiger partial charge >= 0.3 is 0 Å². The summed E-state index contributed by atoms with van der Waals surface area (Å²) in [4.78, 5) is 16.9. The molecule has 3 rings (SSSR count). The number of nitrogens with zero attached hydrogens (tertiary/aromatic N) is 1. The molecule has 1 atom stereocenters. The van der Waals surface area contributed by atoms with E-state index in [0.29, 0.717) is 32.4 Å². The largest absolute Gasteiger partial charge is 0.493 e. The number of rotatable bonds is 7. The molecule has 0 aliphatic carbocycles. The van der Waals surface area contributed by atoms with Crippen LogP contribution in [0.4, 0.5) is 5.13 Å². The van der Waals surface area contributed by atoms with E-state index in [2.05, 4.69) is 15.6 Å². The van der Waals surface area contributed by atoms with Crippen molar-refractivity contribution in [2.45, 2.75) is 13.0 Å². The first kappa shape index (κ1) is 24.1. The maximum absolute atomic E-state index is 12.4. The molecule has 1 heterocycles. The molecular weight excluding hydrogens is 493 g/mol. The summed E-state index contributed by atoms with van der Waals surface area (Å²) < 4.78 is 16.2. The molecule has 2 aromatic carbocycles. The van der Waals surface area contributed by atoms with Gasteiger partial charge in [0.25, 0.3) is 5.91 Å². The van der Waals surface area contributed by atoms with Gasteiger partial charge < -0.3 is 19.5 Å². The topological polar surface area (TPSA) is 81.7 Å². The summed E-state index contributed by atoms with van der Waals surface area (Å²) in [5.41, 5.74) is 1.57. The maximum Gasteiger partial charge on any atom is 0.266 e. The SMILES string of the molecule is COc1ccc(-c2csc(NC(=S)NC(=O)C(C)Oc3ccc(Cl)cc3Cl)n2)cc1OC. The van der Waals surface area contributed by atoms with Gasteiger partial charge in [-0.15, -0.1) is 11.3 Å². The molecule has 0 fully saturated rings. The standard InChI is InChI=1S/C21H19Cl2N3O4S2/c1-11(30-16-7-5-13(22)9-14(16)23)19(27)25-20(31)26-21-24-15(10-32-21)12-4-6-17(28-2)18(8-12)29-3/h4-11H,1-3H3,(H2,24,25,26,27,31). The molecule has 168 valence electrons. The van der Waals surface area contributed by atoms with Gasteiger partial charge in [-0.2, -0.15) is 0 Å². The summed E-state index contributed by atoms with van der Waals surface area (Å²) in [6, 6.07) is 10.3. The van der Waals surface area contributed by atoms with E-state index in [0.717, 1.165) is 11.3 Å². The Kier molecular flexibility index (Phi) is 8.14.